The number of aromatic nitrogens is 1. The lowest BCUT2D eigenvalue weighted by molar-refractivity contribution is -0.118. The maximum atomic E-state index is 12.1. The minimum atomic E-state index is -0.309. The highest BCUT2D eigenvalue weighted by atomic mass is 79.9. The number of hydrogen-bond donors (Lipinski definition) is 1. The van der Waals surface area contributed by atoms with Crippen LogP contribution in [0.3, 0.4) is 0 Å². The van der Waals surface area contributed by atoms with Crippen molar-refractivity contribution in [3.63, 3.8) is 0 Å². The number of carbonyl (C=O) groups is 2. The topological polar surface area (TPSA) is 68.3 Å². The molecule has 0 aliphatic rings. The lowest BCUT2D eigenvalue weighted by Crippen LogP contribution is -2.20. The van der Waals surface area contributed by atoms with Gasteiger partial charge in [-0.2, -0.15) is 0 Å². The van der Waals surface area contributed by atoms with Crippen LogP contribution in [-0.2, 0) is 4.79 Å². The van der Waals surface area contributed by atoms with Crippen LogP contribution < -0.4 is 10.1 Å². The quantitative estimate of drug-likeness (QED) is 0.708. The molecule has 0 radical (unpaired) electrons. The molecule has 0 atom stereocenters. The van der Waals surface area contributed by atoms with Gasteiger partial charge in [0.25, 0.3) is 5.91 Å². The number of nitrogens with one attached hydrogen (secondary N) is 1. The number of rotatable bonds is 6. The van der Waals surface area contributed by atoms with Crippen molar-refractivity contribution in [2.45, 2.75) is 33.6 Å². The Labute approximate surface area is 153 Å². The molecule has 1 aromatic heterocycles. The Balaban J connectivity index is 2.01. The molecular formula is C17H19BrN2O3S. The summed E-state index contributed by atoms with van der Waals surface area (Å²) in [5.74, 6) is 0.595. The van der Waals surface area contributed by atoms with Crippen LogP contribution in [-0.4, -0.2) is 23.3 Å². The summed E-state index contributed by atoms with van der Waals surface area (Å²) in [6.07, 6.45) is 0. The summed E-state index contributed by atoms with van der Waals surface area (Å²) in [5.41, 5.74) is 1.65. The average molecular weight is 411 g/mol. The molecule has 5 nitrogen and oxygen atoms in total. The van der Waals surface area contributed by atoms with E-state index in [4.69, 9.17) is 4.74 Å². The third kappa shape index (κ3) is 4.64. The molecule has 128 valence electrons. The van der Waals surface area contributed by atoms with Crippen molar-refractivity contribution in [1.82, 2.24) is 4.98 Å². The number of ketones is 1. The number of Topliss-reactive ketones (excluding diaryl/α,β-unsaturated/α-hetero) is 1. The monoisotopic (exact) mass is 410 g/mol. The molecule has 0 aliphatic heterocycles. The summed E-state index contributed by atoms with van der Waals surface area (Å²) in [5, 5.41) is 3.08. The smallest absolute Gasteiger partial charge is 0.264 e. The van der Waals surface area contributed by atoms with Crippen molar-refractivity contribution in [2.75, 3.05) is 11.9 Å². The molecule has 0 saturated carbocycles. The first-order valence-corrected chi connectivity index (χ1v) is 9.09. The molecule has 1 heterocycles. The van der Waals surface area contributed by atoms with E-state index in [0.717, 1.165) is 10.0 Å². The van der Waals surface area contributed by atoms with Crippen LogP contribution in [0.5, 0.6) is 5.75 Å². The van der Waals surface area contributed by atoms with Gasteiger partial charge in [-0.1, -0.05) is 41.1 Å². The van der Waals surface area contributed by atoms with E-state index >= 15 is 0 Å². The van der Waals surface area contributed by atoms with E-state index < -0.39 is 0 Å². The molecule has 0 saturated heterocycles. The van der Waals surface area contributed by atoms with E-state index in [-0.39, 0.29) is 24.2 Å². The minimum absolute atomic E-state index is 0.0572. The zero-order valence-corrected chi connectivity index (χ0v) is 16.4. The van der Waals surface area contributed by atoms with Gasteiger partial charge < -0.3 is 4.74 Å². The van der Waals surface area contributed by atoms with Crippen LogP contribution >= 0.6 is 27.3 Å². The maximum absolute atomic E-state index is 12.1. The number of hydrogen-bond acceptors (Lipinski definition) is 5. The Bertz CT molecular complexity index is 771. The average Bonchev–Trinajstić information content (AvgIpc) is 2.86. The summed E-state index contributed by atoms with van der Waals surface area (Å²) in [7, 11) is 0. The molecule has 1 amide bonds. The first kappa shape index (κ1) is 18.6. The van der Waals surface area contributed by atoms with Crippen LogP contribution in [0.15, 0.2) is 22.7 Å². The van der Waals surface area contributed by atoms with E-state index in [1.165, 1.54) is 18.3 Å². The molecule has 0 bridgehead atoms. The molecule has 1 N–H and O–H groups in total. The fraction of sp³-hybridized carbons (Fsp3) is 0.353. The standard InChI is InChI=1S/C17H19BrN2O3S/c1-9(2)13-7-12(18)5-6-14(13)23-8-15(22)20-17-19-10(3)16(24-17)11(4)21/h5-7,9H,8H2,1-4H3,(H,19,20,22). The molecule has 2 aromatic rings. The number of anilines is 1. The van der Waals surface area contributed by atoms with Crippen LogP contribution in [0.1, 0.15) is 47.6 Å². The Morgan fingerprint density at radius 3 is 2.67 bits per heavy atom. The Kier molecular flexibility index (Phi) is 6.12. The minimum Gasteiger partial charge on any atom is -0.483 e. The highest BCUT2D eigenvalue weighted by Crippen LogP contribution is 2.29. The summed E-state index contributed by atoms with van der Waals surface area (Å²) < 4.78 is 6.62. The van der Waals surface area contributed by atoms with E-state index in [1.54, 1.807) is 6.92 Å². The summed E-state index contributed by atoms with van der Waals surface area (Å²) >= 11 is 4.61. The van der Waals surface area contributed by atoms with Crippen molar-refractivity contribution in [1.29, 1.82) is 0 Å². The summed E-state index contributed by atoms with van der Waals surface area (Å²) in [6.45, 7) is 7.24. The number of halogens is 1. The van der Waals surface area contributed by atoms with Crippen LogP contribution in [0, 0.1) is 6.92 Å². The first-order chi connectivity index (χ1) is 11.3. The molecule has 0 aliphatic carbocycles. The molecule has 0 unspecified atom stereocenters. The molecule has 0 spiro atoms. The molecule has 24 heavy (non-hydrogen) atoms. The lowest BCUT2D eigenvalue weighted by atomic mass is 10.0. The Morgan fingerprint density at radius 2 is 2.08 bits per heavy atom. The second kappa shape index (κ2) is 7.90. The van der Waals surface area contributed by atoms with Gasteiger partial charge in [-0.05, 0) is 36.6 Å². The molecule has 2 rings (SSSR count). The highest BCUT2D eigenvalue weighted by molar-refractivity contribution is 9.10. The molecule has 1 aromatic carbocycles. The number of carbonyl (C=O) groups excluding carboxylic acids is 2. The van der Waals surface area contributed by atoms with E-state index in [9.17, 15) is 9.59 Å². The van der Waals surface area contributed by atoms with Crippen molar-refractivity contribution >= 4 is 44.1 Å². The number of aryl methyl sites for hydroxylation is 1. The van der Waals surface area contributed by atoms with Crippen LogP contribution in [0.4, 0.5) is 5.13 Å². The third-order valence-electron chi connectivity index (χ3n) is 3.32. The first-order valence-electron chi connectivity index (χ1n) is 7.48. The summed E-state index contributed by atoms with van der Waals surface area (Å²) in [6, 6.07) is 5.71. The molecular weight excluding hydrogens is 392 g/mol. The van der Waals surface area contributed by atoms with Gasteiger partial charge in [0.1, 0.15) is 5.75 Å². The number of nitrogens with zero attached hydrogens (tertiary/aromatic N) is 1. The highest BCUT2D eigenvalue weighted by Gasteiger charge is 2.15. The number of benzene rings is 1. The second-order valence-electron chi connectivity index (χ2n) is 5.66. The summed E-state index contributed by atoms with van der Waals surface area (Å²) in [4.78, 5) is 28.2. The van der Waals surface area contributed by atoms with E-state index in [0.29, 0.717) is 21.5 Å². The fourth-order valence-electron chi connectivity index (χ4n) is 2.18. The Morgan fingerprint density at radius 1 is 1.38 bits per heavy atom. The van der Waals surface area contributed by atoms with Gasteiger partial charge in [0.2, 0.25) is 0 Å². The number of ether oxygens (including phenoxy) is 1. The normalized spacial score (nSPS) is 10.8. The SMILES string of the molecule is CC(=O)c1sc(NC(=O)COc2ccc(Br)cc2C(C)C)nc1C. The van der Waals surface area contributed by atoms with Gasteiger partial charge in [0.05, 0.1) is 10.6 Å². The van der Waals surface area contributed by atoms with Crippen molar-refractivity contribution in [3.8, 4) is 5.75 Å². The van der Waals surface area contributed by atoms with E-state index in [2.05, 4.69) is 40.1 Å². The van der Waals surface area contributed by atoms with Crippen molar-refractivity contribution in [2.24, 2.45) is 0 Å². The maximum Gasteiger partial charge on any atom is 0.264 e. The number of amides is 1. The van der Waals surface area contributed by atoms with E-state index in [1.807, 2.05) is 18.2 Å². The van der Waals surface area contributed by atoms with Crippen LogP contribution in [0.25, 0.3) is 0 Å². The Hall–Kier alpha value is -1.73. The zero-order chi connectivity index (χ0) is 17.9. The van der Waals surface area contributed by atoms with Crippen LogP contribution in [0.2, 0.25) is 0 Å². The van der Waals surface area contributed by atoms with Gasteiger partial charge in [-0.25, -0.2) is 4.98 Å². The van der Waals surface area contributed by atoms with Gasteiger partial charge in [-0.3, -0.25) is 14.9 Å². The zero-order valence-electron chi connectivity index (χ0n) is 14.0. The molecule has 0 fully saturated rings. The lowest BCUT2D eigenvalue weighted by Gasteiger charge is -2.14. The largest absolute Gasteiger partial charge is 0.483 e. The van der Waals surface area contributed by atoms with Gasteiger partial charge >= 0.3 is 0 Å². The van der Waals surface area contributed by atoms with Crippen molar-refractivity contribution in [3.05, 3.63) is 38.8 Å². The molecule has 7 heteroatoms. The van der Waals surface area contributed by atoms with Gasteiger partial charge in [0, 0.05) is 11.4 Å². The predicted octanol–water partition coefficient (Wildman–Crippen LogP) is 4.56. The number of thiazole rings is 1. The predicted molar refractivity (Wildman–Crippen MR) is 99.2 cm³/mol. The fourth-order valence-corrected chi connectivity index (χ4v) is 3.43. The van der Waals surface area contributed by atoms with Crippen molar-refractivity contribution < 1.29 is 14.3 Å². The van der Waals surface area contributed by atoms with Gasteiger partial charge in [-0.15, -0.1) is 0 Å². The second-order valence-corrected chi connectivity index (χ2v) is 7.58. The van der Waals surface area contributed by atoms with Gasteiger partial charge in [0.15, 0.2) is 17.5 Å². The third-order valence-corrected chi connectivity index (χ3v) is 4.98.